The predicted octanol–water partition coefficient (Wildman–Crippen LogP) is 3.75. The molecule has 11 nitrogen and oxygen atoms in total. The monoisotopic (exact) mass is 576 g/mol. The van der Waals surface area contributed by atoms with Crippen LogP contribution in [0.3, 0.4) is 0 Å². The molecule has 3 atom stereocenters. The normalized spacial score (nSPS) is 18.2. The summed E-state index contributed by atoms with van der Waals surface area (Å²) in [5.41, 5.74) is -2.63. The molecule has 3 rings (SSSR count). The number of unbranched alkanes of at least 4 members (excludes halogenated alkanes) is 4. The highest BCUT2D eigenvalue weighted by Gasteiger charge is 2.41. The molecular formula is C29H37FN2O9. The van der Waals surface area contributed by atoms with E-state index in [0.717, 1.165) is 30.3 Å². The number of esters is 2. The van der Waals surface area contributed by atoms with E-state index in [1.807, 2.05) is 13.8 Å². The first kappa shape index (κ1) is 31.7. The second-order valence-electron chi connectivity index (χ2n) is 9.83. The number of benzene rings is 1. The van der Waals surface area contributed by atoms with Crippen molar-refractivity contribution in [2.45, 2.75) is 90.1 Å². The zero-order chi connectivity index (χ0) is 29.9. The van der Waals surface area contributed by atoms with Crippen molar-refractivity contribution in [2.75, 3.05) is 13.7 Å². The lowest BCUT2D eigenvalue weighted by atomic mass is 10.1. The third kappa shape index (κ3) is 8.35. The Morgan fingerprint density at radius 1 is 1.02 bits per heavy atom. The van der Waals surface area contributed by atoms with Crippen molar-refractivity contribution in [3.05, 3.63) is 62.7 Å². The van der Waals surface area contributed by atoms with Crippen LogP contribution in [0.2, 0.25) is 0 Å². The summed E-state index contributed by atoms with van der Waals surface area (Å²) in [6.45, 7) is 3.75. The minimum Gasteiger partial charge on any atom is -0.497 e. The number of ether oxygens (including phenoxy) is 4. The summed E-state index contributed by atoms with van der Waals surface area (Å²) in [5.74, 6) is -3.04. The average molecular weight is 577 g/mol. The summed E-state index contributed by atoms with van der Waals surface area (Å²) in [5, 5.41) is 0. The van der Waals surface area contributed by atoms with E-state index < -0.39 is 53.3 Å². The predicted molar refractivity (Wildman–Crippen MR) is 145 cm³/mol. The van der Waals surface area contributed by atoms with Gasteiger partial charge in [-0.05, 0) is 31.0 Å². The molecule has 1 aromatic carbocycles. The highest BCUT2D eigenvalue weighted by Crippen LogP contribution is 2.31. The van der Waals surface area contributed by atoms with Gasteiger partial charge in [0, 0.05) is 24.8 Å². The van der Waals surface area contributed by atoms with Crippen LogP contribution in [0.4, 0.5) is 4.39 Å². The topological polar surface area (TPSA) is 132 Å². The van der Waals surface area contributed by atoms with E-state index in [1.54, 1.807) is 6.07 Å². The highest BCUT2D eigenvalue weighted by molar-refractivity contribution is 5.96. The Bertz CT molecular complexity index is 1340. The van der Waals surface area contributed by atoms with E-state index in [0.29, 0.717) is 24.8 Å². The number of halogens is 1. The number of aromatic nitrogens is 2. The molecule has 1 aliphatic heterocycles. The Morgan fingerprint density at radius 3 is 2.37 bits per heavy atom. The van der Waals surface area contributed by atoms with Crippen molar-refractivity contribution >= 4 is 17.8 Å². The third-order valence-corrected chi connectivity index (χ3v) is 6.74. The lowest BCUT2D eigenvalue weighted by molar-refractivity contribution is -0.158. The van der Waals surface area contributed by atoms with Gasteiger partial charge in [0.25, 0.3) is 11.5 Å². The largest absolute Gasteiger partial charge is 0.497 e. The van der Waals surface area contributed by atoms with E-state index in [1.165, 1.54) is 25.3 Å². The minimum absolute atomic E-state index is 0.0696. The van der Waals surface area contributed by atoms with Crippen molar-refractivity contribution in [3.63, 3.8) is 0 Å². The Kier molecular flexibility index (Phi) is 11.8. The molecule has 1 aliphatic rings. The number of hydrogen-bond acceptors (Lipinski definition) is 9. The molecule has 0 aliphatic carbocycles. The molecule has 0 amide bonds. The quantitative estimate of drug-likeness (QED) is 0.244. The molecule has 1 aromatic heterocycles. The number of hydrogen-bond donors (Lipinski definition) is 0. The van der Waals surface area contributed by atoms with Gasteiger partial charge in [0.2, 0.25) is 5.82 Å². The second-order valence-corrected chi connectivity index (χ2v) is 9.83. The van der Waals surface area contributed by atoms with Crippen molar-refractivity contribution in [2.24, 2.45) is 0 Å². The summed E-state index contributed by atoms with van der Waals surface area (Å²) in [7, 11) is 1.38. The van der Waals surface area contributed by atoms with Gasteiger partial charge in [-0.2, -0.15) is 8.96 Å². The maximum atomic E-state index is 14.8. The first-order valence-corrected chi connectivity index (χ1v) is 13.9. The molecule has 2 heterocycles. The number of carbonyl (C=O) groups excluding carboxylic acids is 3. The van der Waals surface area contributed by atoms with Crippen LogP contribution in [-0.4, -0.2) is 52.9 Å². The van der Waals surface area contributed by atoms with Crippen LogP contribution in [0, 0.1) is 5.82 Å². The Morgan fingerprint density at radius 2 is 1.71 bits per heavy atom. The zero-order valence-corrected chi connectivity index (χ0v) is 23.6. The number of methoxy groups -OCH3 is 1. The van der Waals surface area contributed by atoms with Gasteiger partial charge in [-0.25, -0.2) is 4.79 Å². The van der Waals surface area contributed by atoms with E-state index >= 15 is 0 Å². The molecule has 2 aromatic rings. The SMILES string of the molecule is CCCCCC(=O)OC[C@H]1O[C@@H](n2cc(F)c(=O)n(C(=O)c3cccc(OC)c3)c2=O)C[C@@H]1OC(=O)CCCCC. The van der Waals surface area contributed by atoms with Gasteiger partial charge in [0.05, 0.1) is 13.3 Å². The van der Waals surface area contributed by atoms with Gasteiger partial charge in [0.1, 0.15) is 30.8 Å². The summed E-state index contributed by atoms with van der Waals surface area (Å²) in [6.07, 6.45) is 2.73. The highest BCUT2D eigenvalue weighted by atomic mass is 19.1. The van der Waals surface area contributed by atoms with Gasteiger partial charge < -0.3 is 18.9 Å². The van der Waals surface area contributed by atoms with E-state index in [2.05, 4.69) is 0 Å². The van der Waals surface area contributed by atoms with Gasteiger partial charge in [-0.3, -0.25) is 23.7 Å². The van der Waals surface area contributed by atoms with Crippen LogP contribution in [-0.2, 0) is 23.8 Å². The molecule has 1 fully saturated rings. The molecule has 0 bridgehead atoms. The molecule has 0 N–H and O–H groups in total. The first-order chi connectivity index (χ1) is 19.7. The molecule has 0 saturated carbocycles. The van der Waals surface area contributed by atoms with Crippen molar-refractivity contribution < 1.29 is 37.7 Å². The lowest BCUT2D eigenvalue weighted by Crippen LogP contribution is -2.46. The van der Waals surface area contributed by atoms with Gasteiger partial charge in [0.15, 0.2) is 0 Å². The summed E-state index contributed by atoms with van der Waals surface area (Å²) in [4.78, 5) is 63.7. The Hall–Kier alpha value is -3.80. The molecule has 1 saturated heterocycles. The minimum atomic E-state index is -1.42. The summed E-state index contributed by atoms with van der Waals surface area (Å²) in [6, 6.07) is 5.73. The standard InChI is InChI=1S/C29H37FN2O9/c1-4-6-8-13-25(33)39-18-23-22(41-26(34)14-9-7-5-2)16-24(40-23)31-17-21(30)28(36)32(29(31)37)27(35)19-11-10-12-20(15-19)38-3/h10-12,15,17,22-24H,4-9,13-14,16,18H2,1-3H3/t22-,23+,24+/m0/s1. The van der Waals surface area contributed by atoms with Gasteiger partial charge in [-0.15, -0.1) is 0 Å². The molecule has 41 heavy (non-hydrogen) atoms. The Labute approximate surface area is 237 Å². The fourth-order valence-corrected chi connectivity index (χ4v) is 4.47. The molecule has 0 radical (unpaired) electrons. The number of carbonyl (C=O) groups is 3. The van der Waals surface area contributed by atoms with Crippen LogP contribution >= 0.6 is 0 Å². The first-order valence-electron chi connectivity index (χ1n) is 13.9. The van der Waals surface area contributed by atoms with E-state index in [-0.39, 0.29) is 36.0 Å². The fraction of sp³-hybridized carbons (Fsp3) is 0.552. The maximum absolute atomic E-state index is 14.8. The summed E-state index contributed by atoms with van der Waals surface area (Å²) >= 11 is 0. The molecule has 12 heteroatoms. The van der Waals surface area contributed by atoms with Crippen LogP contribution in [0.1, 0.15) is 88.2 Å². The van der Waals surface area contributed by atoms with Crippen LogP contribution in [0.15, 0.2) is 40.1 Å². The van der Waals surface area contributed by atoms with Crippen LogP contribution < -0.4 is 16.0 Å². The smallest absolute Gasteiger partial charge is 0.340 e. The molecular weight excluding hydrogens is 539 g/mol. The zero-order valence-electron chi connectivity index (χ0n) is 23.6. The average Bonchev–Trinajstić information content (AvgIpc) is 3.36. The lowest BCUT2D eigenvalue weighted by Gasteiger charge is -2.19. The third-order valence-electron chi connectivity index (χ3n) is 6.74. The van der Waals surface area contributed by atoms with E-state index in [4.69, 9.17) is 18.9 Å². The van der Waals surface area contributed by atoms with E-state index in [9.17, 15) is 28.4 Å². The molecule has 0 unspecified atom stereocenters. The number of nitrogens with zero attached hydrogens (tertiary/aromatic N) is 2. The second kappa shape index (κ2) is 15.3. The molecule has 0 spiro atoms. The molecule has 224 valence electrons. The Balaban J connectivity index is 1.87. The fourth-order valence-electron chi connectivity index (χ4n) is 4.47. The van der Waals surface area contributed by atoms with Crippen molar-refractivity contribution in [3.8, 4) is 5.75 Å². The number of rotatable bonds is 14. The van der Waals surface area contributed by atoms with Crippen molar-refractivity contribution in [1.29, 1.82) is 0 Å². The van der Waals surface area contributed by atoms with Crippen molar-refractivity contribution in [1.82, 2.24) is 9.13 Å². The summed E-state index contributed by atoms with van der Waals surface area (Å²) < 4.78 is 37.7. The van der Waals surface area contributed by atoms with Crippen LogP contribution in [0.5, 0.6) is 5.75 Å². The van der Waals surface area contributed by atoms with Gasteiger partial charge >= 0.3 is 17.6 Å². The maximum Gasteiger partial charge on any atom is 0.340 e. The van der Waals surface area contributed by atoms with Crippen LogP contribution in [0.25, 0.3) is 0 Å². The van der Waals surface area contributed by atoms with Gasteiger partial charge in [-0.1, -0.05) is 45.6 Å².